The van der Waals surface area contributed by atoms with Crippen molar-refractivity contribution in [1.29, 1.82) is 0 Å². The first-order chi connectivity index (χ1) is 12.7. The van der Waals surface area contributed by atoms with Crippen molar-refractivity contribution in [1.82, 2.24) is 0 Å². The summed E-state index contributed by atoms with van der Waals surface area (Å²) < 4.78 is 0. The number of rotatable bonds is 5. The van der Waals surface area contributed by atoms with Gasteiger partial charge in [0.1, 0.15) is 0 Å². The van der Waals surface area contributed by atoms with Crippen LogP contribution >= 0.6 is 0 Å². The number of hydrogen-bond donors (Lipinski definition) is 2. The van der Waals surface area contributed by atoms with Gasteiger partial charge in [0.05, 0.1) is 0 Å². The van der Waals surface area contributed by atoms with Crippen molar-refractivity contribution >= 4 is 16.5 Å². The molecule has 3 aromatic rings. The van der Waals surface area contributed by atoms with Crippen LogP contribution in [0.4, 0.5) is 5.69 Å². The molecule has 2 nitrogen and oxygen atoms in total. The Morgan fingerprint density at radius 1 is 1.00 bits per heavy atom. The van der Waals surface area contributed by atoms with Gasteiger partial charge >= 0.3 is 0 Å². The second kappa shape index (κ2) is 7.51. The van der Waals surface area contributed by atoms with Crippen molar-refractivity contribution in [3.63, 3.8) is 0 Å². The molecule has 1 aliphatic heterocycles. The maximum absolute atomic E-state index is 6.63. The molecule has 0 saturated carbocycles. The fourth-order valence-electron chi connectivity index (χ4n) is 4.27. The summed E-state index contributed by atoms with van der Waals surface area (Å²) >= 11 is 0. The molecule has 0 amide bonds. The molecular formula is C24H28N2. The maximum Gasteiger partial charge on any atom is 0.0372 e. The number of fused-ring (bicyclic) bond motifs is 2. The Labute approximate surface area is 156 Å². The Morgan fingerprint density at radius 2 is 1.77 bits per heavy atom. The fourth-order valence-corrected chi connectivity index (χ4v) is 4.27. The van der Waals surface area contributed by atoms with Crippen molar-refractivity contribution in [3.05, 3.63) is 77.9 Å². The lowest BCUT2D eigenvalue weighted by Crippen LogP contribution is -2.30. The Hall–Kier alpha value is -2.32. The molecule has 134 valence electrons. The summed E-state index contributed by atoms with van der Waals surface area (Å²) in [6.45, 7) is 3.34. The minimum Gasteiger partial charge on any atom is -0.385 e. The van der Waals surface area contributed by atoms with Crippen LogP contribution in [0.2, 0.25) is 0 Å². The molecule has 4 rings (SSSR count). The lowest BCUT2D eigenvalue weighted by atomic mass is 9.84. The van der Waals surface area contributed by atoms with Crippen LogP contribution < -0.4 is 11.1 Å². The van der Waals surface area contributed by atoms with E-state index >= 15 is 0 Å². The zero-order valence-electron chi connectivity index (χ0n) is 15.5. The van der Waals surface area contributed by atoms with E-state index in [1.165, 1.54) is 40.4 Å². The molecule has 1 aliphatic rings. The number of anilines is 1. The third-order valence-corrected chi connectivity index (χ3v) is 5.97. The third-order valence-electron chi connectivity index (χ3n) is 5.97. The molecule has 0 spiro atoms. The number of nitrogens with one attached hydrogen (secondary N) is 1. The molecule has 0 bridgehead atoms. The monoisotopic (exact) mass is 344 g/mol. The Bertz CT molecular complexity index is 881. The highest BCUT2D eigenvalue weighted by Crippen LogP contribution is 2.31. The summed E-state index contributed by atoms with van der Waals surface area (Å²) in [5, 5.41) is 6.22. The van der Waals surface area contributed by atoms with Crippen LogP contribution in [0.3, 0.4) is 0 Å². The van der Waals surface area contributed by atoms with Gasteiger partial charge in [0.15, 0.2) is 0 Å². The Balaban J connectivity index is 1.41. The molecule has 0 radical (unpaired) electrons. The SMILES string of the molecule is C[C@H](c1cccc2ccccc12)C(N)CCC1CNc2ccccc2C1. The summed E-state index contributed by atoms with van der Waals surface area (Å²) in [6, 6.07) is 24.1. The van der Waals surface area contributed by atoms with E-state index in [0.29, 0.717) is 11.8 Å². The first-order valence-corrected chi connectivity index (χ1v) is 9.77. The van der Waals surface area contributed by atoms with Crippen LogP contribution in [0, 0.1) is 5.92 Å². The predicted molar refractivity (Wildman–Crippen MR) is 112 cm³/mol. The molecular weight excluding hydrogens is 316 g/mol. The number of benzene rings is 3. The van der Waals surface area contributed by atoms with Gasteiger partial charge in [-0.15, -0.1) is 0 Å². The van der Waals surface area contributed by atoms with Crippen LogP contribution in [0.25, 0.3) is 10.8 Å². The van der Waals surface area contributed by atoms with E-state index in [-0.39, 0.29) is 6.04 Å². The summed E-state index contributed by atoms with van der Waals surface area (Å²) in [4.78, 5) is 0. The van der Waals surface area contributed by atoms with Crippen molar-refractivity contribution in [2.45, 2.75) is 38.1 Å². The molecule has 2 unspecified atom stereocenters. The topological polar surface area (TPSA) is 38.0 Å². The molecule has 3 N–H and O–H groups in total. The maximum atomic E-state index is 6.63. The second-order valence-electron chi connectivity index (χ2n) is 7.71. The highest BCUT2D eigenvalue weighted by Gasteiger charge is 2.21. The standard InChI is InChI=1S/C24H28N2/c1-17(21-11-6-9-19-7-2-4-10-22(19)21)23(25)14-13-18-15-20-8-3-5-12-24(20)26-16-18/h2-12,17-18,23,26H,13-16,25H2,1H3/t17-,18?,23?/m1/s1. The van der Waals surface area contributed by atoms with Crippen molar-refractivity contribution < 1.29 is 0 Å². The summed E-state index contributed by atoms with van der Waals surface area (Å²) in [7, 11) is 0. The first kappa shape index (κ1) is 17.1. The summed E-state index contributed by atoms with van der Waals surface area (Å²) in [6.07, 6.45) is 3.41. The van der Waals surface area contributed by atoms with Crippen LogP contribution in [-0.2, 0) is 6.42 Å². The van der Waals surface area contributed by atoms with E-state index in [4.69, 9.17) is 5.73 Å². The third kappa shape index (κ3) is 3.47. The molecule has 0 saturated heterocycles. The van der Waals surface area contributed by atoms with Crippen molar-refractivity contribution in [3.8, 4) is 0 Å². The zero-order valence-corrected chi connectivity index (χ0v) is 15.5. The van der Waals surface area contributed by atoms with E-state index < -0.39 is 0 Å². The summed E-state index contributed by atoms with van der Waals surface area (Å²) in [5.41, 5.74) is 10.8. The van der Waals surface area contributed by atoms with E-state index in [1.54, 1.807) is 0 Å². The van der Waals surface area contributed by atoms with Gasteiger partial charge < -0.3 is 11.1 Å². The molecule has 1 heterocycles. The van der Waals surface area contributed by atoms with Gasteiger partial charge in [0.2, 0.25) is 0 Å². The molecule has 3 aromatic carbocycles. The molecule has 26 heavy (non-hydrogen) atoms. The lowest BCUT2D eigenvalue weighted by molar-refractivity contribution is 0.422. The minimum atomic E-state index is 0.193. The van der Waals surface area contributed by atoms with Crippen molar-refractivity contribution in [2.75, 3.05) is 11.9 Å². The quantitative estimate of drug-likeness (QED) is 0.656. The van der Waals surface area contributed by atoms with E-state index in [9.17, 15) is 0 Å². The number of para-hydroxylation sites is 1. The highest BCUT2D eigenvalue weighted by molar-refractivity contribution is 5.86. The molecule has 2 heteroatoms. The van der Waals surface area contributed by atoms with Crippen LogP contribution in [0.1, 0.15) is 36.8 Å². The molecule has 3 atom stereocenters. The molecule has 0 aromatic heterocycles. The van der Waals surface area contributed by atoms with Crippen LogP contribution in [0.5, 0.6) is 0 Å². The minimum absolute atomic E-state index is 0.193. The van der Waals surface area contributed by atoms with Crippen molar-refractivity contribution in [2.24, 2.45) is 11.7 Å². The van der Waals surface area contributed by atoms with Crippen LogP contribution in [0.15, 0.2) is 66.7 Å². The van der Waals surface area contributed by atoms with Gasteiger partial charge in [-0.05, 0) is 59.1 Å². The predicted octanol–water partition coefficient (Wildman–Crippen LogP) is 5.34. The van der Waals surface area contributed by atoms with Gasteiger partial charge in [-0.1, -0.05) is 67.6 Å². The van der Waals surface area contributed by atoms with Crippen LogP contribution in [-0.4, -0.2) is 12.6 Å². The number of nitrogens with two attached hydrogens (primary N) is 1. The molecule has 0 fully saturated rings. The Morgan fingerprint density at radius 3 is 2.69 bits per heavy atom. The average molecular weight is 345 g/mol. The first-order valence-electron chi connectivity index (χ1n) is 9.77. The molecule has 0 aliphatic carbocycles. The summed E-state index contributed by atoms with van der Waals surface area (Å²) in [5.74, 6) is 1.04. The van der Waals surface area contributed by atoms with E-state index in [0.717, 1.165) is 13.0 Å². The van der Waals surface area contributed by atoms with E-state index in [1.807, 2.05) is 0 Å². The average Bonchev–Trinajstić information content (AvgIpc) is 2.71. The van der Waals surface area contributed by atoms with Gasteiger partial charge in [0.25, 0.3) is 0 Å². The zero-order chi connectivity index (χ0) is 17.9. The largest absolute Gasteiger partial charge is 0.385 e. The van der Waals surface area contributed by atoms with Gasteiger partial charge in [-0.25, -0.2) is 0 Å². The van der Waals surface area contributed by atoms with Gasteiger partial charge in [0, 0.05) is 18.3 Å². The normalized spacial score (nSPS) is 18.8. The highest BCUT2D eigenvalue weighted by atomic mass is 14.9. The van der Waals surface area contributed by atoms with E-state index in [2.05, 4.69) is 79.0 Å². The second-order valence-corrected chi connectivity index (χ2v) is 7.71. The smallest absolute Gasteiger partial charge is 0.0372 e. The number of hydrogen-bond acceptors (Lipinski definition) is 2. The lowest BCUT2D eigenvalue weighted by Gasteiger charge is -2.28. The van der Waals surface area contributed by atoms with Gasteiger partial charge in [-0.2, -0.15) is 0 Å². The fraction of sp³-hybridized carbons (Fsp3) is 0.333. The van der Waals surface area contributed by atoms with Gasteiger partial charge in [-0.3, -0.25) is 0 Å². The Kier molecular flexibility index (Phi) is 4.94.